The van der Waals surface area contributed by atoms with Crippen LogP contribution in [0.25, 0.3) is 0 Å². The second-order valence-corrected chi connectivity index (χ2v) is 11.0. The van der Waals surface area contributed by atoms with E-state index in [0.717, 1.165) is 22.8 Å². The van der Waals surface area contributed by atoms with Crippen LogP contribution in [0.3, 0.4) is 0 Å². The monoisotopic (exact) mass is 570 g/mol. The number of hydrogen-bond acceptors (Lipinski definition) is 8. The molecule has 0 saturated carbocycles. The van der Waals surface area contributed by atoms with E-state index in [1.807, 2.05) is 31.2 Å². The van der Waals surface area contributed by atoms with E-state index in [1.54, 1.807) is 37.3 Å². The average molecular weight is 571 g/mol. The molecule has 0 amide bonds. The lowest BCUT2D eigenvalue weighted by atomic mass is 9.82. The van der Waals surface area contributed by atoms with Gasteiger partial charge in [0.1, 0.15) is 4.90 Å². The zero-order chi connectivity index (χ0) is 29.5. The summed E-state index contributed by atoms with van der Waals surface area (Å²) in [7, 11) is -4.83. The van der Waals surface area contributed by atoms with E-state index in [1.165, 1.54) is 12.1 Å². The third-order valence-electron chi connectivity index (χ3n) is 6.95. The lowest BCUT2D eigenvalue weighted by molar-refractivity contribution is 0.0525. The Morgan fingerprint density at radius 3 is 2.17 bits per heavy atom. The number of benzene rings is 4. The van der Waals surface area contributed by atoms with Crippen LogP contribution in [0.4, 0.5) is 17.1 Å². The van der Waals surface area contributed by atoms with E-state index in [2.05, 4.69) is 5.32 Å². The Hall–Kier alpha value is -4.80. The first-order chi connectivity index (χ1) is 19.5. The van der Waals surface area contributed by atoms with E-state index in [4.69, 9.17) is 10.5 Å². The number of fused-ring (bicyclic) bond motifs is 2. The summed E-state index contributed by atoms with van der Waals surface area (Å²) >= 11 is 0. The van der Waals surface area contributed by atoms with E-state index < -0.39 is 38.2 Å². The van der Waals surface area contributed by atoms with Crippen molar-refractivity contribution >= 4 is 44.7 Å². The van der Waals surface area contributed by atoms with Gasteiger partial charge < -0.3 is 15.8 Å². The molecule has 0 spiro atoms. The highest BCUT2D eigenvalue weighted by molar-refractivity contribution is 7.86. The number of ether oxygens (including phenoxy) is 1. The van der Waals surface area contributed by atoms with E-state index >= 15 is 0 Å². The number of aryl methyl sites for hydroxylation is 1. The number of nitrogen functional groups attached to an aromatic ring is 1. The molecule has 0 atom stereocenters. The van der Waals surface area contributed by atoms with Crippen LogP contribution in [0.15, 0.2) is 77.7 Å². The van der Waals surface area contributed by atoms with Crippen molar-refractivity contribution in [3.05, 3.63) is 117 Å². The summed E-state index contributed by atoms with van der Waals surface area (Å²) in [6, 6.07) is 19.9. The Kier molecular flexibility index (Phi) is 7.20. The number of nitrogens with two attached hydrogens (primary N) is 1. The molecular weight excluding hydrogens is 544 g/mol. The summed E-state index contributed by atoms with van der Waals surface area (Å²) in [5.74, 6) is -1.52. The topological polar surface area (TPSA) is 153 Å². The zero-order valence-electron chi connectivity index (χ0n) is 22.2. The van der Waals surface area contributed by atoms with Crippen molar-refractivity contribution in [1.82, 2.24) is 0 Å². The van der Waals surface area contributed by atoms with Gasteiger partial charge >= 0.3 is 5.97 Å². The molecule has 41 heavy (non-hydrogen) atoms. The fourth-order valence-corrected chi connectivity index (χ4v) is 5.68. The van der Waals surface area contributed by atoms with E-state index in [0.29, 0.717) is 17.7 Å². The van der Waals surface area contributed by atoms with Crippen LogP contribution in [0, 0.1) is 6.92 Å². The molecule has 0 aromatic heterocycles. The van der Waals surface area contributed by atoms with Crippen molar-refractivity contribution in [2.24, 2.45) is 0 Å². The van der Waals surface area contributed by atoms with E-state index in [9.17, 15) is 27.4 Å². The summed E-state index contributed by atoms with van der Waals surface area (Å²) in [6.45, 7) is 3.83. The van der Waals surface area contributed by atoms with Crippen molar-refractivity contribution < 1.29 is 32.1 Å². The molecule has 0 fully saturated rings. The molecule has 0 bridgehead atoms. The maximum Gasteiger partial charge on any atom is 0.338 e. The SMILES string of the molecule is CCOC(=O)c1ccccc1Cc1ccc(Nc2cc(S(=O)(=O)O)c(N)c3c2C(=O)c2ccccc2C3=O)c(C)c1. The van der Waals surface area contributed by atoms with Crippen molar-refractivity contribution in [3.63, 3.8) is 0 Å². The Balaban J connectivity index is 1.56. The second-order valence-electron chi connectivity index (χ2n) is 9.59. The predicted molar refractivity (Wildman–Crippen MR) is 154 cm³/mol. The maximum absolute atomic E-state index is 13.6. The van der Waals surface area contributed by atoms with Gasteiger partial charge in [0.2, 0.25) is 0 Å². The first kappa shape index (κ1) is 27.8. The lowest BCUT2D eigenvalue weighted by Gasteiger charge is -2.24. The molecule has 0 saturated heterocycles. The van der Waals surface area contributed by atoms with Crippen LogP contribution in [-0.2, 0) is 21.3 Å². The number of nitrogens with one attached hydrogen (secondary N) is 1. The minimum absolute atomic E-state index is 0.0122. The van der Waals surface area contributed by atoms with Gasteiger partial charge in [-0.3, -0.25) is 14.1 Å². The van der Waals surface area contributed by atoms with Crippen LogP contribution >= 0.6 is 0 Å². The molecule has 4 N–H and O–H groups in total. The molecule has 208 valence electrons. The van der Waals surface area contributed by atoms with Gasteiger partial charge in [-0.2, -0.15) is 8.42 Å². The number of ketones is 2. The van der Waals surface area contributed by atoms with Gasteiger partial charge in [-0.15, -0.1) is 0 Å². The smallest absolute Gasteiger partial charge is 0.338 e. The molecule has 9 nitrogen and oxygen atoms in total. The highest BCUT2D eigenvalue weighted by atomic mass is 32.2. The molecule has 0 unspecified atom stereocenters. The molecule has 0 aliphatic heterocycles. The zero-order valence-corrected chi connectivity index (χ0v) is 23.0. The summed E-state index contributed by atoms with van der Waals surface area (Å²) in [5.41, 5.74) is 8.91. The molecular formula is C31H26N2O7S. The van der Waals surface area contributed by atoms with Gasteiger partial charge in [0.05, 0.1) is 34.7 Å². The molecule has 10 heteroatoms. The minimum Gasteiger partial charge on any atom is -0.462 e. The van der Waals surface area contributed by atoms with Gasteiger partial charge in [-0.1, -0.05) is 54.6 Å². The summed E-state index contributed by atoms with van der Waals surface area (Å²) in [6.07, 6.45) is 0.448. The molecule has 1 aliphatic carbocycles. The summed E-state index contributed by atoms with van der Waals surface area (Å²) in [4.78, 5) is 38.7. The molecule has 5 rings (SSSR count). The van der Waals surface area contributed by atoms with Crippen LogP contribution in [0.1, 0.15) is 65.8 Å². The number of carbonyl (C=O) groups excluding carboxylic acids is 3. The molecule has 4 aromatic carbocycles. The third-order valence-corrected chi connectivity index (χ3v) is 7.84. The first-order valence-electron chi connectivity index (χ1n) is 12.7. The highest BCUT2D eigenvalue weighted by Gasteiger charge is 2.36. The van der Waals surface area contributed by atoms with Crippen LogP contribution in [-0.4, -0.2) is 37.1 Å². The molecule has 0 heterocycles. The fourth-order valence-electron chi connectivity index (χ4n) is 5.03. The Morgan fingerprint density at radius 1 is 0.902 bits per heavy atom. The lowest BCUT2D eigenvalue weighted by Crippen LogP contribution is -2.25. The summed E-state index contributed by atoms with van der Waals surface area (Å²) < 4.78 is 39.4. The number of carbonyl (C=O) groups is 3. The Bertz CT molecular complexity index is 1860. The third kappa shape index (κ3) is 5.10. The van der Waals surface area contributed by atoms with Crippen molar-refractivity contribution in [2.75, 3.05) is 17.7 Å². The molecule has 4 aromatic rings. The van der Waals surface area contributed by atoms with Gasteiger partial charge in [-0.05, 0) is 55.2 Å². The van der Waals surface area contributed by atoms with Crippen LogP contribution in [0.2, 0.25) is 0 Å². The summed E-state index contributed by atoms with van der Waals surface area (Å²) in [5, 5.41) is 3.08. The minimum atomic E-state index is -4.83. The van der Waals surface area contributed by atoms with Gasteiger partial charge in [0.15, 0.2) is 11.6 Å². The predicted octanol–water partition coefficient (Wildman–Crippen LogP) is 5.11. The number of rotatable bonds is 7. The van der Waals surface area contributed by atoms with E-state index in [-0.39, 0.29) is 34.5 Å². The number of hydrogen-bond donors (Lipinski definition) is 3. The fraction of sp³-hybridized carbons (Fsp3) is 0.129. The second kappa shape index (κ2) is 10.6. The largest absolute Gasteiger partial charge is 0.462 e. The van der Waals surface area contributed by atoms with Crippen molar-refractivity contribution in [3.8, 4) is 0 Å². The molecule has 1 aliphatic rings. The highest BCUT2D eigenvalue weighted by Crippen LogP contribution is 2.40. The standard InChI is InChI=1S/C31H26N2O7S/c1-3-40-31(36)20-9-5-4-8-19(20)15-18-12-13-23(17(2)14-18)33-24-16-25(41(37,38)39)28(32)27-26(24)29(34)21-10-6-7-11-22(21)30(27)35/h4-14,16,33H,3,15,32H2,1-2H3,(H,37,38,39). The average Bonchev–Trinajstić information content (AvgIpc) is 2.93. The normalized spacial score (nSPS) is 12.5. The van der Waals surface area contributed by atoms with Gasteiger partial charge in [0, 0.05) is 16.8 Å². The van der Waals surface area contributed by atoms with Gasteiger partial charge in [0.25, 0.3) is 10.1 Å². The van der Waals surface area contributed by atoms with Gasteiger partial charge in [-0.25, -0.2) is 4.79 Å². The van der Waals surface area contributed by atoms with Crippen LogP contribution in [0.5, 0.6) is 0 Å². The number of anilines is 3. The van der Waals surface area contributed by atoms with Crippen LogP contribution < -0.4 is 11.1 Å². The quantitative estimate of drug-likeness (QED) is 0.138. The van der Waals surface area contributed by atoms with Crippen molar-refractivity contribution in [2.45, 2.75) is 25.2 Å². The van der Waals surface area contributed by atoms with Crippen molar-refractivity contribution in [1.29, 1.82) is 0 Å². The first-order valence-corrected chi connectivity index (χ1v) is 14.2. The Morgan fingerprint density at radius 2 is 1.54 bits per heavy atom. The molecule has 0 radical (unpaired) electrons. The Labute approximate surface area is 236 Å². The number of esters is 1. The maximum atomic E-state index is 13.6.